The minimum absolute atomic E-state index is 0.175. The second-order valence-corrected chi connectivity index (χ2v) is 8.36. The van der Waals surface area contributed by atoms with Gasteiger partial charge in [-0.1, -0.05) is 30.3 Å². The summed E-state index contributed by atoms with van der Waals surface area (Å²) in [6.45, 7) is 5.87. The predicted molar refractivity (Wildman–Crippen MR) is 121 cm³/mol. The molecule has 0 fully saturated rings. The minimum atomic E-state index is -0.902. The monoisotopic (exact) mass is 417 g/mol. The smallest absolute Gasteiger partial charge is 0.299 e. The second kappa shape index (κ2) is 8.97. The lowest BCUT2D eigenvalue weighted by Crippen LogP contribution is -2.48. The molecule has 2 N–H and O–H groups in total. The van der Waals surface area contributed by atoms with Crippen LogP contribution in [-0.2, 0) is 16.1 Å². The van der Waals surface area contributed by atoms with E-state index in [0.717, 1.165) is 16.5 Å². The van der Waals surface area contributed by atoms with E-state index in [1.165, 1.54) is 4.90 Å². The molecule has 3 aromatic rings. The third-order valence-electron chi connectivity index (χ3n) is 4.87. The first kappa shape index (κ1) is 22.0. The van der Waals surface area contributed by atoms with Crippen LogP contribution >= 0.6 is 0 Å². The lowest BCUT2D eigenvalue weighted by atomic mass is 10.00. The maximum absolute atomic E-state index is 13.4. The van der Waals surface area contributed by atoms with Crippen LogP contribution in [0.15, 0.2) is 54.7 Å². The van der Waals surface area contributed by atoms with Gasteiger partial charge in [-0.2, -0.15) is 0 Å². The summed E-state index contributed by atoms with van der Waals surface area (Å²) < 4.78 is 5.21. The molecule has 0 spiro atoms. The maximum Gasteiger partial charge on any atom is 0.299 e. The fourth-order valence-electron chi connectivity index (χ4n) is 3.50. The molecule has 0 radical (unpaired) electrons. The molecule has 3 rings (SSSR count). The van der Waals surface area contributed by atoms with Crippen LogP contribution in [0.25, 0.3) is 10.9 Å². The number of H-pyrrole nitrogens is 1. The average Bonchev–Trinajstić information content (AvgIpc) is 3.16. The number of fused-ring (bicyclic) bond motifs is 1. The Balaban J connectivity index is 2.09. The minimum Gasteiger partial charge on any atom is -0.497 e. The quantitative estimate of drug-likeness (QED) is 0.599. The standard InChI is InChI=1S/C25H27N3O3/c1-6-22(29)28(16-17-11-13-18(31-5)14-12-17)23(24(30)27-25(2,3)4)20-15-26-21-10-8-7-9-19(20)21/h1,7-15,23,26H,16H2,2-5H3,(H,27,30). The van der Waals surface area contributed by atoms with Crippen molar-refractivity contribution in [1.29, 1.82) is 0 Å². The van der Waals surface area contributed by atoms with Gasteiger partial charge in [-0.3, -0.25) is 9.59 Å². The maximum atomic E-state index is 13.4. The van der Waals surface area contributed by atoms with Gasteiger partial charge in [0.1, 0.15) is 11.8 Å². The molecule has 160 valence electrons. The molecule has 6 nitrogen and oxygen atoms in total. The van der Waals surface area contributed by atoms with Gasteiger partial charge in [0.05, 0.1) is 7.11 Å². The van der Waals surface area contributed by atoms with Crippen molar-refractivity contribution in [2.75, 3.05) is 7.11 Å². The van der Waals surface area contributed by atoms with E-state index in [-0.39, 0.29) is 12.5 Å². The van der Waals surface area contributed by atoms with Gasteiger partial charge in [0, 0.05) is 34.7 Å². The van der Waals surface area contributed by atoms with Crippen LogP contribution in [0.1, 0.15) is 37.9 Å². The third kappa shape index (κ3) is 5.07. The molecule has 2 amide bonds. The van der Waals surface area contributed by atoms with E-state index in [4.69, 9.17) is 11.2 Å². The zero-order valence-electron chi connectivity index (χ0n) is 18.2. The molecule has 6 heteroatoms. The zero-order chi connectivity index (χ0) is 22.6. The van der Waals surface area contributed by atoms with Crippen molar-refractivity contribution in [2.24, 2.45) is 0 Å². The van der Waals surface area contributed by atoms with Crippen LogP contribution in [0.5, 0.6) is 5.75 Å². The molecule has 2 aromatic carbocycles. The molecular weight excluding hydrogens is 390 g/mol. The summed E-state index contributed by atoms with van der Waals surface area (Å²) in [5, 5.41) is 3.86. The van der Waals surface area contributed by atoms with Gasteiger partial charge in [-0.15, -0.1) is 6.42 Å². The summed E-state index contributed by atoms with van der Waals surface area (Å²) in [4.78, 5) is 30.9. The number of aromatic amines is 1. The van der Waals surface area contributed by atoms with E-state index in [9.17, 15) is 9.59 Å². The molecule has 31 heavy (non-hydrogen) atoms. The third-order valence-corrected chi connectivity index (χ3v) is 4.87. The summed E-state index contributed by atoms with van der Waals surface area (Å²) in [7, 11) is 1.59. The summed E-state index contributed by atoms with van der Waals surface area (Å²) in [6, 6.07) is 14.1. The number of hydrogen-bond donors (Lipinski definition) is 2. The number of aromatic nitrogens is 1. The molecule has 0 saturated heterocycles. The van der Waals surface area contributed by atoms with Crippen molar-refractivity contribution in [3.63, 3.8) is 0 Å². The molecule has 0 aliphatic heterocycles. The fourth-order valence-corrected chi connectivity index (χ4v) is 3.50. The van der Waals surface area contributed by atoms with Crippen molar-refractivity contribution in [2.45, 2.75) is 38.9 Å². The highest BCUT2D eigenvalue weighted by atomic mass is 16.5. The van der Waals surface area contributed by atoms with Crippen molar-refractivity contribution in [3.05, 3.63) is 65.9 Å². The lowest BCUT2D eigenvalue weighted by Gasteiger charge is -2.32. The normalized spacial score (nSPS) is 12.1. The molecule has 1 atom stereocenters. The van der Waals surface area contributed by atoms with Crippen LogP contribution in [0, 0.1) is 12.3 Å². The topological polar surface area (TPSA) is 74.4 Å². The Morgan fingerprint density at radius 1 is 1.16 bits per heavy atom. The number of ether oxygens (including phenoxy) is 1. The van der Waals surface area contributed by atoms with E-state index in [2.05, 4.69) is 16.2 Å². The number of carbonyl (C=O) groups excluding carboxylic acids is 2. The van der Waals surface area contributed by atoms with Gasteiger partial charge in [0.25, 0.3) is 5.91 Å². The first-order valence-corrected chi connectivity index (χ1v) is 10.0. The number of carbonyl (C=O) groups is 2. The van der Waals surface area contributed by atoms with Crippen molar-refractivity contribution in [3.8, 4) is 18.1 Å². The average molecular weight is 418 g/mol. The molecule has 1 unspecified atom stereocenters. The van der Waals surface area contributed by atoms with Crippen molar-refractivity contribution >= 4 is 22.7 Å². The number of benzene rings is 2. The van der Waals surface area contributed by atoms with Crippen LogP contribution < -0.4 is 10.1 Å². The molecule has 1 aromatic heterocycles. The van der Waals surface area contributed by atoms with Gasteiger partial charge in [-0.25, -0.2) is 0 Å². The van der Waals surface area contributed by atoms with E-state index in [0.29, 0.717) is 11.3 Å². The molecule has 0 aliphatic rings. The Hall–Kier alpha value is -3.72. The van der Waals surface area contributed by atoms with Crippen LogP contribution in [0.2, 0.25) is 0 Å². The number of para-hydroxylation sites is 1. The summed E-state index contributed by atoms with van der Waals surface area (Å²) >= 11 is 0. The summed E-state index contributed by atoms with van der Waals surface area (Å²) in [6.07, 6.45) is 7.27. The molecule has 0 bridgehead atoms. The van der Waals surface area contributed by atoms with Gasteiger partial charge in [0.15, 0.2) is 0 Å². The first-order valence-electron chi connectivity index (χ1n) is 10.0. The number of nitrogens with one attached hydrogen (secondary N) is 2. The highest BCUT2D eigenvalue weighted by Gasteiger charge is 2.34. The largest absolute Gasteiger partial charge is 0.497 e. The van der Waals surface area contributed by atoms with Gasteiger partial charge in [0.2, 0.25) is 5.91 Å². The van der Waals surface area contributed by atoms with Gasteiger partial charge in [-0.05, 0) is 50.5 Å². The Morgan fingerprint density at radius 2 is 1.84 bits per heavy atom. The molecule has 0 aliphatic carbocycles. The highest BCUT2D eigenvalue weighted by Crippen LogP contribution is 2.31. The Morgan fingerprint density at radius 3 is 2.45 bits per heavy atom. The van der Waals surface area contributed by atoms with E-state index in [1.807, 2.05) is 69.3 Å². The fraction of sp³-hybridized carbons (Fsp3) is 0.280. The van der Waals surface area contributed by atoms with Crippen LogP contribution in [-0.4, -0.2) is 34.3 Å². The van der Waals surface area contributed by atoms with Crippen LogP contribution in [0.3, 0.4) is 0 Å². The number of rotatable bonds is 6. The number of terminal acetylenes is 1. The Labute approximate surface area is 182 Å². The number of amides is 2. The highest BCUT2D eigenvalue weighted by molar-refractivity contribution is 5.99. The number of hydrogen-bond acceptors (Lipinski definition) is 3. The Bertz CT molecular complexity index is 1120. The first-order chi connectivity index (χ1) is 14.7. The van der Waals surface area contributed by atoms with E-state index < -0.39 is 17.5 Å². The number of methoxy groups -OCH3 is 1. The van der Waals surface area contributed by atoms with E-state index >= 15 is 0 Å². The molecule has 0 saturated carbocycles. The molecule has 1 heterocycles. The van der Waals surface area contributed by atoms with Crippen molar-refractivity contribution in [1.82, 2.24) is 15.2 Å². The molecular formula is C25H27N3O3. The van der Waals surface area contributed by atoms with Crippen molar-refractivity contribution < 1.29 is 14.3 Å². The Kier molecular flexibility index (Phi) is 6.36. The zero-order valence-corrected chi connectivity index (χ0v) is 18.2. The number of nitrogens with zero attached hydrogens (tertiary/aromatic N) is 1. The summed E-state index contributed by atoms with van der Waals surface area (Å²) in [5.41, 5.74) is 1.92. The summed E-state index contributed by atoms with van der Waals surface area (Å²) in [5.74, 6) is 2.04. The van der Waals surface area contributed by atoms with Gasteiger partial charge >= 0.3 is 0 Å². The van der Waals surface area contributed by atoms with E-state index in [1.54, 1.807) is 13.3 Å². The lowest BCUT2D eigenvalue weighted by molar-refractivity contribution is -0.138. The predicted octanol–water partition coefficient (Wildman–Crippen LogP) is 3.79. The van der Waals surface area contributed by atoms with Crippen LogP contribution in [0.4, 0.5) is 0 Å². The second-order valence-electron chi connectivity index (χ2n) is 8.36. The SMILES string of the molecule is C#CC(=O)N(Cc1ccc(OC)cc1)C(C(=O)NC(C)(C)C)c1c[nH]c2ccccc12. The van der Waals surface area contributed by atoms with Gasteiger partial charge < -0.3 is 19.9 Å².